The van der Waals surface area contributed by atoms with E-state index in [-0.39, 0.29) is 13.0 Å². The maximum atomic E-state index is 12.4. The first-order valence-corrected chi connectivity index (χ1v) is 5.89. The fourth-order valence-electron chi connectivity index (χ4n) is 1.48. The van der Waals surface area contributed by atoms with Gasteiger partial charge in [-0.15, -0.1) is 0 Å². The van der Waals surface area contributed by atoms with Gasteiger partial charge in [0.1, 0.15) is 6.54 Å². The van der Waals surface area contributed by atoms with E-state index in [1.54, 1.807) is 6.92 Å². The van der Waals surface area contributed by atoms with Gasteiger partial charge < -0.3 is 15.4 Å². The van der Waals surface area contributed by atoms with E-state index in [0.29, 0.717) is 17.7 Å². The summed E-state index contributed by atoms with van der Waals surface area (Å²) in [5, 5.41) is 0. The molecule has 0 spiro atoms. The summed E-state index contributed by atoms with van der Waals surface area (Å²) in [5.74, 6) is -1.48. The van der Waals surface area contributed by atoms with Gasteiger partial charge in [0.05, 0.1) is 19.6 Å². The number of nitrogens with zero attached hydrogens (tertiary/aromatic N) is 1. The molecule has 2 N–H and O–H groups in total. The second-order valence-electron chi connectivity index (χ2n) is 4.10. The standard InChI is InChI=1S/C11H19F3N2O3/c1-3-4-8(15)10(18)16(7-11(12,13)14)6-5-9(17)19-2/h8H,3-7,15H2,1-2H3/t8-/m1/s1. The molecule has 0 rings (SSSR count). The highest BCUT2D eigenvalue weighted by molar-refractivity contribution is 5.82. The molecular formula is C11H19F3N2O3. The molecule has 0 unspecified atom stereocenters. The number of hydrogen-bond donors (Lipinski definition) is 1. The zero-order chi connectivity index (χ0) is 15.1. The molecule has 1 amide bonds. The lowest BCUT2D eigenvalue weighted by atomic mass is 10.1. The minimum absolute atomic E-state index is 0.294. The van der Waals surface area contributed by atoms with Crippen molar-refractivity contribution in [1.82, 2.24) is 4.90 Å². The lowest BCUT2D eigenvalue weighted by molar-refractivity contribution is -0.163. The summed E-state index contributed by atoms with van der Waals surface area (Å²) < 4.78 is 41.4. The lowest BCUT2D eigenvalue weighted by Crippen LogP contribution is -2.48. The number of carbonyl (C=O) groups excluding carboxylic acids is 2. The number of alkyl halides is 3. The summed E-state index contributed by atoms with van der Waals surface area (Å²) in [6.45, 7) is -0.00163. The van der Waals surface area contributed by atoms with Gasteiger partial charge in [0.15, 0.2) is 0 Å². The largest absolute Gasteiger partial charge is 0.469 e. The summed E-state index contributed by atoms with van der Waals surface area (Å²) in [4.78, 5) is 23.2. The maximum Gasteiger partial charge on any atom is 0.406 e. The zero-order valence-electron chi connectivity index (χ0n) is 11.0. The van der Waals surface area contributed by atoms with Crippen molar-refractivity contribution in [3.63, 3.8) is 0 Å². The van der Waals surface area contributed by atoms with E-state index in [0.717, 1.165) is 7.11 Å². The van der Waals surface area contributed by atoms with Crippen molar-refractivity contribution in [2.75, 3.05) is 20.2 Å². The zero-order valence-corrected chi connectivity index (χ0v) is 11.0. The predicted octanol–water partition coefficient (Wildman–Crippen LogP) is 1.07. The Morgan fingerprint density at radius 3 is 2.37 bits per heavy atom. The summed E-state index contributed by atoms with van der Waals surface area (Å²) in [5.41, 5.74) is 5.51. The molecule has 0 aromatic heterocycles. The van der Waals surface area contributed by atoms with E-state index in [1.165, 1.54) is 0 Å². The molecule has 0 fully saturated rings. The monoisotopic (exact) mass is 284 g/mol. The number of halogens is 3. The fourth-order valence-corrected chi connectivity index (χ4v) is 1.48. The van der Waals surface area contributed by atoms with Crippen LogP contribution in [0, 0.1) is 0 Å². The topological polar surface area (TPSA) is 72.6 Å². The Hall–Kier alpha value is -1.31. The van der Waals surface area contributed by atoms with Gasteiger partial charge in [-0.1, -0.05) is 13.3 Å². The molecule has 0 saturated carbocycles. The van der Waals surface area contributed by atoms with Gasteiger partial charge in [-0.2, -0.15) is 13.2 Å². The van der Waals surface area contributed by atoms with Crippen molar-refractivity contribution in [2.24, 2.45) is 5.73 Å². The highest BCUT2D eigenvalue weighted by Gasteiger charge is 2.34. The smallest absolute Gasteiger partial charge is 0.406 e. The fraction of sp³-hybridized carbons (Fsp3) is 0.818. The summed E-state index contributed by atoms with van der Waals surface area (Å²) in [7, 11) is 1.13. The number of methoxy groups -OCH3 is 1. The first-order valence-electron chi connectivity index (χ1n) is 5.89. The van der Waals surface area contributed by atoms with Gasteiger partial charge >= 0.3 is 12.1 Å². The average Bonchev–Trinajstić information content (AvgIpc) is 2.31. The van der Waals surface area contributed by atoms with E-state index in [4.69, 9.17) is 5.73 Å². The van der Waals surface area contributed by atoms with Crippen LogP contribution >= 0.6 is 0 Å². The van der Waals surface area contributed by atoms with Crippen molar-refractivity contribution in [3.8, 4) is 0 Å². The van der Waals surface area contributed by atoms with Crippen molar-refractivity contribution < 1.29 is 27.5 Å². The third kappa shape index (κ3) is 7.66. The average molecular weight is 284 g/mol. The van der Waals surface area contributed by atoms with Gasteiger partial charge in [-0.3, -0.25) is 9.59 Å². The number of rotatable bonds is 7. The van der Waals surface area contributed by atoms with E-state index in [9.17, 15) is 22.8 Å². The predicted molar refractivity (Wildman–Crippen MR) is 62.2 cm³/mol. The molecular weight excluding hydrogens is 265 g/mol. The molecule has 8 heteroatoms. The van der Waals surface area contributed by atoms with Crippen LogP contribution in [-0.2, 0) is 14.3 Å². The van der Waals surface area contributed by atoms with Crippen molar-refractivity contribution in [2.45, 2.75) is 38.4 Å². The van der Waals surface area contributed by atoms with Crippen LogP contribution in [0.25, 0.3) is 0 Å². The number of carbonyl (C=O) groups is 2. The molecule has 1 atom stereocenters. The summed E-state index contributed by atoms with van der Waals surface area (Å²) in [6, 6.07) is -0.981. The van der Waals surface area contributed by atoms with Crippen LogP contribution in [0.15, 0.2) is 0 Å². The number of esters is 1. The second kappa shape index (κ2) is 7.98. The van der Waals surface area contributed by atoms with E-state index in [1.807, 2.05) is 0 Å². The first-order chi connectivity index (χ1) is 8.71. The molecule has 0 aliphatic heterocycles. The molecule has 5 nitrogen and oxygen atoms in total. The number of amides is 1. The Morgan fingerprint density at radius 2 is 1.95 bits per heavy atom. The quantitative estimate of drug-likeness (QED) is 0.710. The lowest BCUT2D eigenvalue weighted by Gasteiger charge is -2.26. The van der Waals surface area contributed by atoms with Gasteiger partial charge in [0.2, 0.25) is 5.91 Å². The Kier molecular flexibility index (Phi) is 7.43. The molecule has 0 aliphatic carbocycles. The minimum Gasteiger partial charge on any atom is -0.469 e. The van der Waals surface area contributed by atoms with E-state index in [2.05, 4.69) is 4.74 Å². The van der Waals surface area contributed by atoms with Crippen molar-refractivity contribution in [3.05, 3.63) is 0 Å². The molecule has 0 aromatic rings. The molecule has 0 radical (unpaired) electrons. The van der Waals surface area contributed by atoms with Crippen LogP contribution in [0.5, 0.6) is 0 Å². The molecule has 0 bridgehead atoms. The Bertz CT molecular complexity index is 308. The Labute approximate surface area is 109 Å². The van der Waals surface area contributed by atoms with Gasteiger partial charge in [0, 0.05) is 6.54 Å². The highest BCUT2D eigenvalue weighted by Crippen LogP contribution is 2.17. The number of ether oxygens (including phenoxy) is 1. The Morgan fingerprint density at radius 1 is 1.37 bits per heavy atom. The third-order valence-electron chi connectivity index (χ3n) is 2.41. The van der Waals surface area contributed by atoms with Crippen LogP contribution in [-0.4, -0.2) is 49.2 Å². The van der Waals surface area contributed by atoms with E-state index < -0.39 is 30.6 Å². The van der Waals surface area contributed by atoms with Gasteiger partial charge in [-0.05, 0) is 6.42 Å². The molecule has 0 heterocycles. The SMILES string of the molecule is CCC[C@@H](N)C(=O)N(CCC(=O)OC)CC(F)(F)F. The molecule has 19 heavy (non-hydrogen) atoms. The van der Waals surface area contributed by atoms with Crippen LogP contribution in [0.4, 0.5) is 13.2 Å². The van der Waals surface area contributed by atoms with Gasteiger partial charge in [0.25, 0.3) is 0 Å². The van der Waals surface area contributed by atoms with Crippen molar-refractivity contribution in [1.29, 1.82) is 0 Å². The number of nitrogens with two attached hydrogens (primary N) is 1. The Balaban J connectivity index is 4.65. The third-order valence-corrected chi connectivity index (χ3v) is 2.41. The maximum absolute atomic E-state index is 12.4. The summed E-state index contributed by atoms with van der Waals surface area (Å²) >= 11 is 0. The van der Waals surface area contributed by atoms with Crippen molar-refractivity contribution >= 4 is 11.9 Å². The minimum atomic E-state index is -4.53. The first kappa shape index (κ1) is 17.7. The van der Waals surface area contributed by atoms with Crippen LogP contribution < -0.4 is 5.73 Å². The highest BCUT2D eigenvalue weighted by atomic mass is 19.4. The van der Waals surface area contributed by atoms with Crippen LogP contribution in [0.2, 0.25) is 0 Å². The van der Waals surface area contributed by atoms with Crippen LogP contribution in [0.3, 0.4) is 0 Å². The molecule has 0 aliphatic rings. The summed E-state index contributed by atoms with van der Waals surface area (Å²) in [6.07, 6.45) is -3.94. The molecule has 0 aromatic carbocycles. The normalized spacial score (nSPS) is 12.9. The molecule has 112 valence electrons. The second-order valence-corrected chi connectivity index (χ2v) is 4.10. The van der Waals surface area contributed by atoms with Crippen LogP contribution in [0.1, 0.15) is 26.2 Å². The number of hydrogen-bond acceptors (Lipinski definition) is 4. The van der Waals surface area contributed by atoms with Gasteiger partial charge in [-0.25, -0.2) is 0 Å². The molecule has 0 saturated heterocycles. The van der Waals surface area contributed by atoms with E-state index >= 15 is 0 Å².